The summed E-state index contributed by atoms with van der Waals surface area (Å²) in [5.41, 5.74) is 2.74. The largest absolute Gasteiger partial charge is 0.0857 e. The minimum atomic E-state index is 0.470. The van der Waals surface area contributed by atoms with Gasteiger partial charge in [0.15, 0.2) is 0 Å². The molecule has 0 saturated heterocycles. The highest BCUT2D eigenvalue weighted by molar-refractivity contribution is 5.26. The van der Waals surface area contributed by atoms with Gasteiger partial charge in [0.05, 0.1) is 0 Å². The van der Waals surface area contributed by atoms with Crippen molar-refractivity contribution in [3.8, 4) is 0 Å². The molecule has 26 heavy (non-hydrogen) atoms. The van der Waals surface area contributed by atoms with E-state index >= 15 is 0 Å². The van der Waals surface area contributed by atoms with Crippen molar-refractivity contribution < 1.29 is 0 Å². The van der Waals surface area contributed by atoms with E-state index in [1.165, 1.54) is 11.1 Å². The SMILES string of the molecule is CC(C)C=CC(C)C.CC(C=CC(C)c1ccccc1)c1ccccc1. The van der Waals surface area contributed by atoms with Gasteiger partial charge in [0, 0.05) is 0 Å². The minimum Gasteiger partial charge on any atom is -0.0857 e. The van der Waals surface area contributed by atoms with E-state index in [9.17, 15) is 0 Å². The van der Waals surface area contributed by atoms with Gasteiger partial charge >= 0.3 is 0 Å². The van der Waals surface area contributed by atoms with Gasteiger partial charge in [-0.1, -0.05) is 127 Å². The molecule has 2 rings (SSSR count). The standard InChI is InChI=1S/C18H20.C8H16/c1-15(17-9-5-3-6-10-17)13-14-16(2)18-11-7-4-8-12-18;1-7(2)5-6-8(3)4/h3-16H,1-2H3;5-8H,1-4H3. The van der Waals surface area contributed by atoms with Crippen molar-refractivity contribution in [2.75, 3.05) is 0 Å². The Morgan fingerprint density at radius 3 is 1.04 bits per heavy atom. The average Bonchev–Trinajstić information content (AvgIpc) is 2.66. The van der Waals surface area contributed by atoms with Crippen LogP contribution in [0.15, 0.2) is 85.0 Å². The fraction of sp³-hybridized carbons (Fsp3) is 0.385. The van der Waals surface area contributed by atoms with Gasteiger partial charge in [0.1, 0.15) is 0 Å². The zero-order valence-corrected chi connectivity index (χ0v) is 17.4. The van der Waals surface area contributed by atoms with Crippen molar-refractivity contribution in [1.82, 2.24) is 0 Å². The first-order chi connectivity index (χ1) is 12.4. The molecule has 0 spiro atoms. The maximum atomic E-state index is 2.30. The van der Waals surface area contributed by atoms with Crippen molar-refractivity contribution in [3.63, 3.8) is 0 Å². The summed E-state index contributed by atoms with van der Waals surface area (Å²) in [6, 6.07) is 21.2. The highest BCUT2D eigenvalue weighted by Crippen LogP contribution is 2.20. The summed E-state index contributed by atoms with van der Waals surface area (Å²) in [5.74, 6) is 2.35. The summed E-state index contributed by atoms with van der Waals surface area (Å²) in [7, 11) is 0. The molecule has 0 heterocycles. The summed E-state index contributed by atoms with van der Waals surface area (Å²) in [5, 5.41) is 0. The van der Waals surface area contributed by atoms with E-state index in [2.05, 4.69) is 127 Å². The second kappa shape index (κ2) is 12.3. The van der Waals surface area contributed by atoms with Gasteiger partial charge in [0.2, 0.25) is 0 Å². The molecule has 0 aliphatic rings. The van der Waals surface area contributed by atoms with Gasteiger partial charge in [-0.3, -0.25) is 0 Å². The fourth-order valence-electron chi connectivity index (χ4n) is 2.51. The fourth-order valence-corrected chi connectivity index (χ4v) is 2.51. The predicted molar refractivity (Wildman–Crippen MR) is 118 cm³/mol. The van der Waals surface area contributed by atoms with Crippen molar-refractivity contribution in [2.45, 2.75) is 53.4 Å². The molecule has 0 saturated carbocycles. The lowest BCUT2D eigenvalue weighted by atomic mass is 9.96. The Morgan fingerprint density at radius 1 is 0.462 bits per heavy atom. The first-order valence-electron chi connectivity index (χ1n) is 9.86. The lowest BCUT2D eigenvalue weighted by Gasteiger charge is -2.09. The third kappa shape index (κ3) is 9.42. The van der Waals surface area contributed by atoms with Crippen molar-refractivity contribution >= 4 is 0 Å². The molecular weight excluding hydrogens is 312 g/mol. The lowest BCUT2D eigenvalue weighted by Crippen LogP contribution is -1.92. The molecule has 2 aromatic rings. The molecule has 2 unspecified atom stereocenters. The third-order valence-electron chi connectivity index (χ3n) is 4.22. The molecule has 2 aromatic carbocycles. The average molecular weight is 349 g/mol. The zero-order valence-electron chi connectivity index (χ0n) is 17.4. The Kier molecular flexibility index (Phi) is 10.4. The molecule has 0 bridgehead atoms. The maximum absolute atomic E-state index is 2.30. The molecule has 2 atom stereocenters. The summed E-state index contributed by atoms with van der Waals surface area (Å²) in [4.78, 5) is 0. The summed E-state index contributed by atoms with van der Waals surface area (Å²) < 4.78 is 0. The molecule has 0 aliphatic carbocycles. The van der Waals surface area contributed by atoms with Gasteiger partial charge in [-0.25, -0.2) is 0 Å². The third-order valence-corrected chi connectivity index (χ3v) is 4.22. The zero-order chi connectivity index (χ0) is 19.4. The Labute approximate surface area is 161 Å². The van der Waals surface area contributed by atoms with Crippen LogP contribution in [0, 0.1) is 11.8 Å². The van der Waals surface area contributed by atoms with Crippen LogP contribution in [0.25, 0.3) is 0 Å². The highest BCUT2D eigenvalue weighted by Gasteiger charge is 2.03. The van der Waals surface area contributed by atoms with Crippen LogP contribution in [0.2, 0.25) is 0 Å². The van der Waals surface area contributed by atoms with Gasteiger partial charge in [0.25, 0.3) is 0 Å². The van der Waals surface area contributed by atoms with Crippen molar-refractivity contribution in [1.29, 1.82) is 0 Å². The molecule has 0 nitrogen and oxygen atoms in total. The first-order valence-corrected chi connectivity index (χ1v) is 9.86. The molecule has 0 fully saturated rings. The van der Waals surface area contributed by atoms with Crippen molar-refractivity contribution in [2.24, 2.45) is 11.8 Å². The van der Waals surface area contributed by atoms with Gasteiger partial charge in [-0.2, -0.15) is 0 Å². The minimum absolute atomic E-state index is 0.470. The number of hydrogen-bond donors (Lipinski definition) is 0. The smallest absolute Gasteiger partial charge is 0.00102 e. The number of benzene rings is 2. The van der Waals surface area contributed by atoms with Crippen LogP contribution >= 0.6 is 0 Å². The Balaban J connectivity index is 0.000000359. The predicted octanol–water partition coefficient (Wildman–Crippen LogP) is 8.00. The summed E-state index contributed by atoms with van der Waals surface area (Å²) in [6.45, 7) is 13.3. The van der Waals surface area contributed by atoms with E-state index < -0.39 is 0 Å². The molecule has 0 aromatic heterocycles. The number of hydrogen-bond acceptors (Lipinski definition) is 0. The van der Waals surface area contributed by atoms with E-state index in [0.29, 0.717) is 23.7 Å². The summed E-state index contributed by atoms with van der Waals surface area (Å²) in [6.07, 6.45) is 9.08. The Morgan fingerprint density at radius 2 is 0.769 bits per heavy atom. The number of allylic oxidation sites excluding steroid dienone is 4. The van der Waals surface area contributed by atoms with Crippen LogP contribution in [0.5, 0.6) is 0 Å². The summed E-state index contributed by atoms with van der Waals surface area (Å²) >= 11 is 0. The Hall–Kier alpha value is -2.08. The molecule has 140 valence electrons. The first kappa shape index (κ1) is 22.0. The highest BCUT2D eigenvalue weighted by atomic mass is 14.1. The Bertz CT molecular complexity index is 575. The molecule has 0 amide bonds. The van der Waals surface area contributed by atoms with Crippen LogP contribution < -0.4 is 0 Å². The maximum Gasteiger partial charge on any atom is -0.00102 e. The van der Waals surface area contributed by atoms with E-state index in [4.69, 9.17) is 0 Å². The molecule has 0 radical (unpaired) electrons. The van der Waals surface area contributed by atoms with E-state index in [0.717, 1.165) is 0 Å². The second-order valence-electron chi connectivity index (χ2n) is 7.66. The van der Waals surface area contributed by atoms with E-state index in [-0.39, 0.29) is 0 Å². The normalized spacial score (nSPS) is 13.8. The van der Waals surface area contributed by atoms with Crippen LogP contribution in [0.3, 0.4) is 0 Å². The second-order valence-corrected chi connectivity index (χ2v) is 7.66. The van der Waals surface area contributed by atoms with Crippen LogP contribution in [-0.2, 0) is 0 Å². The monoisotopic (exact) mass is 348 g/mol. The quantitative estimate of drug-likeness (QED) is 0.464. The lowest BCUT2D eigenvalue weighted by molar-refractivity contribution is 0.780. The number of rotatable bonds is 6. The van der Waals surface area contributed by atoms with E-state index in [1.807, 2.05) is 0 Å². The van der Waals surface area contributed by atoms with Gasteiger partial charge in [-0.15, -0.1) is 0 Å². The molecular formula is C26H36. The van der Waals surface area contributed by atoms with Crippen LogP contribution in [0.4, 0.5) is 0 Å². The van der Waals surface area contributed by atoms with Crippen LogP contribution in [-0.4, -0.2) is 0 Å². The topological polar surface area (TPSA) is 0 Å². The molecule has 0 aliphatic heterocycles. The van der Waals surface area contributed by atoms with Gasteiger partial charge in [-0.05, 0) is 34.8 Å². The van der Waals surface area contributed by atoms with Crippen LogP contribution in [0.1, 0.15) is 64.5 Å². The molecule has 0 heteroatoms. The molecule has 0 N–H and O–H groups in total. The van der Waals surface area contributed by atoms with Gasteiger partial charge < -0.3 is 0 Å². The van der Waals surface area contributed by atoms with Crippen molar-refractivity contribution in [3.05, 3.63) is 96.1 Å². The van der Waals surface area contributed by atoms with E-state index in [1.54, 1.807) is 0 Å².